The first-order valence-corrected chi connectivity index (χ1v) is 16.3. The monoisotopic (exact) mass is 582 g/mol. The Morgan fingerprint density at radius 2 is 0.935 bits per heavy atom. The van der Waals surface area contributed by atoms with E-state index in [2.05, 4.69) is 158 Å². The highest BCUT2D eigenvalue weighted by atomic mass is 14.3. The second-order valence-corrected chi connectivity index (χ2v) is 12.7. The summed E-state index contributed by atoms with van der Waals surface area (Å²) in [5, 5.41) is 10.5. The van der Waals surface area contributed by atoms with Crippen LogP contribution in [0.1, 0.15) is 24.0 Å². The summed E-state index contributed by atoms with van der Waals surface area (Å²) in [4.78, 5) is 0. The predicted molar refractivity (Wildman–Crippen MR) is 198 cm³/mol. The number of hydrogen-bond donors (Lipinski definition) is 0. The van der Waals surface area contributed by atoms with Gasteiger partial charge in [-0.3, -0.25) is 0 Å². The van der Waals surface area contributed by atoms with E-state index in [1.165, 1.54) is 98.7 Å². The molecule has 46 heavy (non-hydrogen) atoms. The Hall–Kier alpha value is -5.72. The second kappa shape index (κ2) is 9.89. The van der Waals surface area contributed by atoms with E-state index < -0.39 is 0 Å². The first kappa shape index (κ1) is 25.6. The van der Waals surface area contributed by atoms with Crippen LogP contribution in [0.25, 0.3) is 87.6 Å². The van der Waals surface area contributed by atoms with Gasteiger partial charge in [0.05, 0.1) is 0 Å². The van der Waals surface area contributed by atoms with Gasteiger partial charge in [-0.05, 0) is 112 Å². The van der Waals surface area contributed by atoms with E-state index in [1.54, 1.807) is 0 Å². The van der Waals surface area contributed by atoms with Gasteiger partial charge in [0.25, 0.3) is 0 Å². The van der Waals surface area contributed by atoms with Crippen LogP contribution in [0, 0.1) is 0 Å². The summed E-state index contributed by atoms with van der Waals surface area (Å²) in [6.07, 6.45) is 6.92. The zero-order chi connectivity index (χ0) is 30.2. The van der Waals surface area contributed by atoms with Crippen LogP contribution in [0.5, 0.6) is 0 Å². The summed E-state index contributed by atoms with van der Waals surface area (Å²) in [7, 11) is 0. The highest BCUT2D eigenvalue weighted by Crippen LogP contribution is 2.51. The van der Waals surface area contributed by atoms with Crippen molar-refractivity contribution in [1.29, 1.82) is 0 Å². The van der Waals surface area contributed by atoms with Crippen LogP contribution in [0.4, 0.5) is 0 Å². The molecule has 2 aliphatic rings. The molecule has 10 rings (SSSR count). The quantitative estimate of drug-likeness (QED) is 0.182. The van der Waals surface area contributed by atoms with Crippen molar-refractivity contribution in [2.75, 3.05) is 0 Å². The average molecular weight is 583 g/mol. The minimum absolute atomic E-state index is 1.12. The maximum atomic E-state index is 2.39. The van der Waals surface area contributed by atoms with Crippen molar-refractivity contribution in [2.24, 2.45) is 0 Å². The third-order valence-electron chi connectivity index (χ3n) is 10.3. The van der Waals surface area contributed by atoms with Gasteiger partial charge in [-0.25, -0.2) is 0 Å². The zero-order valence-electron chi connectivity index (χ0n) is 25.4. The predicted octanol–water partition coefficient (Wildman–Crippen LogP) is 12.9. The number of hydrogen-bond acceptors (Lipinski definition) is 0. The lowest BCUT2D eigenvalue weighted by Gasteiger charge is -2.19. The van der Waals surface area contributed by atoms with Crippen molar-refractivity contribution >= 4 is 54.2 Å². The lowest BCUT2D eigenvalue weighted by atomic mass is 9.83. The fourth-order valence-electron chi connectivity index (χ4n) is 8.32. The molecule has 0 atom stereocenters. The van der Waals surface area contributed by atoms with E-state index in [-0.39, 0.29) is 0 Å². The van der Waals surface area contributed by atoms with Crippen LogP contribution >= 0.6 is 0 Å². The SMILES string of the molecule is C1=CC2=C(CC1)c1ccc(-c3c4ccccc4c(-c4ccc(-c5cccc6ccccc56)cc4)c4ccccc34)c3cccc2c13. The molecule has 0 spiro atoms. The van der Waals surface area contributed by atoms with E-state index in [1.807, 2.05) is 0 Å². The van der Waals surface area contributed by atoms with Crippen molar-refractivity contribution in [2.45, 2.75) is 12.8 Å². The maximum absolute atomic E-state index is 2.39. The summed E-state index contributed by atoms with van der Waals surface area (Å²) in [5.74, 6) is 0. The molecule has 0 N–H and O–H groups in total. The first-order valence-electron chi connectivity index (χ1n) is 16.3. The standard InChI is InChI=1S/C46H30/c1-2-13-32-29(11-1)12-9-20-33(32)30-23-25-31(26-24-30)44-37-16-5-7-18-39(37)46(40-19-8-6-17-38(40)44)43-28-27-42-35-15-4-3-14-34(35)36-21-10-22-41(43)45(36)42/h1-3,5-14,16-28H,4,15H2. The smallest absolute Gasteiger partial charge is 0.00201 e. The summed E-state index contributed by atoms with van der Waals surface area (Å²) >= 11 is 0. The lowest BCUT2D eigenvalue weighted by Crippen LogP contribution is -1.93. The van der Waals surface area contributed by atoms with E-state index >= 15 is 0 Å². The molecule has 0 heterocycles. The summed E-state index contributed by atoms with van der Waals surface area (Å²) in [6, 6.07) is 54.2. The van der Waals surface area contributed by atoms with Gasteiger partial charge >= 0.3 is 0 Å². The molecule has 0 nitrogen and oxygen atoms in total. The molecule has 8 aromatic rings. The Bertz CT molecular complexity index is 2550. The molecule has 0 bridgehead atoms. The van der Waals surface area contributed by atoms with Gasteiger partial charge < -0.3 is 0 Å². The van der Waals surface area contributed by atoms with Gasteiger partial charge in [-0.15, -0.1) is 0 Å². The average Bonchev–Trinajstić information content (AvgIpc) is 3.46. The molecule has 0 aliphatic heterocycles. The summed E-state index contributed by atoms with van der Waals surface area (Å²) in [5.41, 5.74) is 13.4. The van der Waals surface area contributed by atoms with Gasteiger partial charge in [0.2, 0.25) is 0 Å². The third-order valence-corrected chi connectivity index (χ3v) is 10.3. The Kier molecular flexibility index (Phi) is 5.50. The first-order chi connectivity index (χ1) is 22.8. The fraction of sp³-hybridized carbons (Fsp3) is 0.0435. The molecule has 214 valence electrons. The fourth-order valence-corrected chi connectivity index (χ4v) is 8.32. The zero-order valence-corrected chi connectivity index (χ0v) is 25.4. The van der Waals surface area contributed by atoms with Crippen molar-refractivity contribution in [3.8, 4) is 33.4 Å². The number of fused-ring (bicyclic) bond motifs is 5. The third kappa shape index (κ3) is 3.62. The van der Waals surface area contributed by atoms with E-state index in [0.29, 0.717) is 0 Å². The molecule has 0 heteroatoms. The molecule has 8 aromatic carbocycles. The normalized spacial score (nSPS) is 13.7. The molecular formula is C46H30. The second-order valence-electron chi connectivity index (χ2n) is 12.7. The molecule has 0 aromatic heterocycles. The Balaban J connectivity index is 1.21. The Morgan fingerprint density at radius 3 is 1.70 bits per heavy atom. The highest BCUT2D eigenvalue weighted by molar-refractivity contribution is 6.26. The molecule has 0 saturated carbocycles. The minimum Gasteiger partial charge on any atom is -0.0836 e. The summed E-state index contributed by atoms with van der Waals surface area (Å²) in [6.45, 7) is 0. The van der Waals surface area contributed by atoms with Crippen molar-refractivity contribution < 1.29 is 0 Å². The number of benzene rings is 8. The van der Waals surface area contributed by atoms with Crippen LogP contribution in [-0.4, -0.2) is 0 Å². The molecular weight excluding hydrogens is 553 g/mol. The van der Waals surface area contributed by atoms with E-state index in [9.17, 15) is 0 Å². The van der Waals surface area contributed by atoms with Crippen LogP contribution in [-0.2, 0) is 0 Å². The van der Waals surface area contributed by atoms with Gasteiger partial charge in [0.1, 0.15) is 0 Å². The van der Waals surface area contributed by atoms with E-state index in [0.717, 1.165) is 12.8 Å². The van der Waals surface area contributed by atoms with Gasteiger partial charge in [-0.1, -0.05) is 158 Å². The minimum atomic E-state index is 1.12. The summed E-state index contributed by atoms with van der Waals surface area (Å²) < 4.78 is 0. The maximum Gasteiger partial charge on any atom is -0.00201 e. The Morgan fingerprint density at radius 1 is 0.370 bits per heavy atom. The van der Waals surface area contributed by atoms with Crippen LogP contribution in [0.2, 0.25) is 0 Å². The van der Waals surface area contributed by atoms with Crippen molar-refractivity contribution in [3.63, 3.8) is 0 Å². The van der Waals surface area contributed by atoms with Crippen molar-refractivity contribution in [1.82, 2.24) is 0 Å². The molecule has 0 amide bonds. The van der Waals surface area contributed by atoms with Gasteiger partial charge in [0.15, 0.2) is 0 Å². The molecule has 0 radical (unpaired) electrons. The topological polar surface area (TPSA) is 0 Å². The van der Waals surface area contributed by atoms with E-state index in [4.69, 9.17) is 0 Å². The van der Waals surface area contributed by atoms with Crippen LogP contribution in [0.3, 0.4) is 0 Å². The highest BCUT2D eigenvalue weighted by Gasteiger charge is 2.26. The van der Waals surface area contributed by atoms with Gasteiger partial charge in [0, 0.05) is 0 Å². The lowest BCUT2D eigenvalue weighted by molar-refractivity contribution is 1.06. The van der Waals surface area contributed by atoms with Crippen LogP contribution < -0.4 is 0 Å². The largest absolute Gasteiger partial charge is 0.0836 e. The van der Waals surface area contributed by atoms with Crippen LogP contribution in [0.15, 0.2) is 158 Å². The Labute approximate surface area is 268 Å². The van der Waals surface area contributed by atoms with Crippen molar-refractivity contribution in [3.05, 3.63) is 169 Å². The van der Waals surface area contributed by atoms with Gasteiger partial charge in [-0.2, -0.15) is 0 Å². The number of allylic oxidation sites excluding steroid dienone is 4. The molecule has 0 unspecified atom stereocenters. The number of rotatable bonds is 3. The molecule has 0 saturated heterocycles. The molecule has 2 aliphatic carbocycles. The molecule has 0 fully saturated rings.